The number of hydrogen-bond donors (Lipinski definition) is 0. The Balaban J connectivity index is 1.57. The van der Waals surface area contributed by atoms with E-state index >= 15 is 0 Å². The fourth-order valence-corrected chi connectivity index (χ4v) is 3.34. The highest BCUT2D eigenvalue weighted by Gasteiger charge is 2.47. The SMILES string of the molecule is O=C1CC2(CCN(C(=O)c3ccccn3)C2)Oc2ccccc21. The third kappa shape index (κ3) is 2.38. The van der Waals surface area contributed by atoms with Crippen LogP contribution >= 0.6 is 0 Å². The van der Waals surface area contributed by atoms with Gasteiger partial charge >= 0.3 is 0 Å². The van der Waals surface area contributed by atoms with Gasteiger partial charge in [-0.1, -0.05) is 18.2 Å². The Morgan fingerprint density at radius 1 is 1.17 bits per heavy atom. The number of aromatic nitrogens is 1. The quantitative estimate of drug-likeness (QED) is 0.811. The van der Waals surface area contributed by atoms with Crippen LogP contribution in [-0.4, -0.2) is 40.3 Å². The summed E-state index contributed by atoms with van der Waals surface area (Å²) in [5.74, 6) is 0.590. The lowest BCUT2D eigenvalue weighted by Gasteiger charge is -2.34. The number of benzene rings is 1. The second-order valence-corrected chi connectivity index (χ2v) is 6.07. The van der Waals surface area contributed by atoms with Crippen LogP contribution in [0.2, 0.25) is 0 Å². The van der Waals surface area contributed by atoms with E-state index in [0.29, 0.717) is 42.9 Å². The van der Waals surface area contributed by atoms with Crippen molar-refractivity contribution in [3.05, 3.63) is 59.9 Å². The molecule has 0 N–H and O–H groups in total. The lowest BCUT2D eigenvalue weighted by atomic mass is 9.89. The first-order valence-electron chi connectivity index (χ1n) is 7.68. The van der Waals surface area contributed by atoms with Crippen molar-refractivity contribution in [3.63, 3.8) is 0 Å². The molecule has 0 radical (unpaired) electrons. The third-order valence-corrected chi connectivity index (χ3v) is 4.48. The first-order chi connectivity index (χ1) is 11.2. The Morgan fingerprint density at radius 3 is 2.83 bits per heavy atom. The second-order valence-electron chi connectivity index (χ2n) is 6.07. The second kappa shape index (κ2) is 5.19. The molecule has 1 aromatic heterocycles. The fourth-order valence-electron chi connectivity index (χ4n) is 3.34. The van der Waals surface area contributed by atoms with E-state index in [-0.39, 0.29) is 11.7 Å². The van der Waals surface area contributed by atoms with Gasteiger partial charge in [0.25, 0.3) is 5.91 Å². The van der Waals surface area contributed by atoms with E-state index in [9.17, 15) is 9.59 Å². The van der Waals surface area contributed by atoms with Gasteiger partial charge in [0.15, 0.2) is 5.78 Å². The van der Waals surface area contributed by atoms with Crippen molar-refractivity contribution in [2.24, 2.45) is 0 Å². The number of hydrogen-bond acceptors (Lipinski definition) is 4. The summed E-state index contributed by atoms with van der Waals surface area (Å²) in [4.78, 5) is 30.8. The molecule has 1 saturated heterocycles. The Labute approximate surface area is 133 Å². The van der Waals surface area contributed by atoms with Crippen LogP contribution in [0.25, 0.3) is 0 Å². The number of nitrogens with zero attached hydrogens (tertiary/aromatic N) is 2. The number of likely N-dealkylation sites (tertiary alicyclic amines) is 1. The monoisotopic (exact) mass is 308 g/mol. The maximum atomic E-state index is 12.5. The van der Waals surface area contributed by atoms with Crippen molar-refractivity contribution in [2.75, 3.05) is 13.1 Å². The molecule has 2 aliphatic heterocycles. The molecule has 1 amide bonds. The standard InChI is InChI=1S/C18H16N2O3/c21-15-11-18(23-16-7-2-1-5-13(15)16)8-10-20(12-18)17(22)14-6-3-4-9-19-14/h1-7,9H,8,10-12H2. The maximum Gasteiger partial charge on any atom is 0.272 e. The third-order valence-electron chi connectivity index (χ3n) is 4.48. The van der Waals surface area contributed by atoms with Crippen molar-refractivity contribution in [3.8, 4) is 5.75 Å². The van der Waals surface area contributed by atoms with Crippen LogP contribution in [0.15, 0.2) is 48.7 Å². The average Bonchev–Trinajstić information content (AvgIpc) is 2.98. The maximum absolute atomic E-state index is 12.5. The molecule has 0 saturated carbocycles. The fraction of sp³-hybridized carbons (Fsp3) is 0.278. The Kier molecular flexibility index (Phi) is 3.15. The van der Waals surface area contributed by atoms with Gasteiger partial charge in [0, 0.05) is 19.2 Å². The zero-order valence-corrected chi connectivity index (χ0v) is 12.6. The highest BCUT2D eigenvalue weighted by molar-refractivity contribution is 6.00. The van der Waals surface area contributed by atoms with E-state index in [2.05, 4.69) is 4.98 Å². The number of para-hydroxylation sites is 1. The molecule has 2 aromatic rings. The average molecular weight is 308 g/mol. The van der Waals surface area contributed by atoms with E-state index in [0.717, 1.165) is 0 Å². The molecule has 1 spiro atoms. The Bertz CT molecular complexity index is 775. The van der Waals surface area contributed by atoms with E-state index in [4.69, 9.17) is 4.74 Å². The van der Waals surface area contributed by atoms with Crippen LogP contribution in [0.4, 0.5) is 0 Å². The normalized spacial score (nSPS) is 22.8. The molecule has 5 nitrogen and oxygen atoms in total. The van der Waals surface area contributed by atoms with Crippen LogP contribution in [-0.2, 0) is 0 Å². The molecule has 0 aliphatic carbocycles. The molecule has 1 fully saturated rings. The summed E-state index contributed by atoms with van der Waals surface area (Å²) in [5.41, 5.74) is 0.454. The highest BCUT2D eigenvalue weighted by atomic mass is 16.5. The molecular formula is C18H16N2O3. The van der Waals surface area contributed by atoms with Crippen molar-refractivity contribution in [1.29, 1.82) is 0 Å². The highest BCUT2D eigenvalue weighted by Crippen LogP contribution is 2.38. The zero-order chi connectivity index (χ0) is 15.9. The summed E-state index contributed by atoms with van der Waals surface area (Å²) in [6.07, 6.45) is 2.58. The van der Waals surface area contributed by atoms with E-state index in [1.54, 1.807) is 35.4 Å². The van der Waals surface area contributed by atoms with Crippen LogP contribution in [0.3, 0.4) is 0 Å². The minimum Gasteiger partial charge on any atom is -0.484 e. The minimum atomic E-state index is -0.601. The van der Waals surface area contributed by atoms with E-state index < -0.39 is 5.60 Å². The van der Waals surface area contributed by atoms with Crippen LogP contribution < -0.4 is 4.74 Å². The molecule has 1 aromatic carbocycles. The number of carbonyl (C=O) groups is 2. The van der Waals surface area contributed by atoms with Gasteiger partial charge in [0.05, 0.1) is 18.5 Å². The van der Waals surface area contributed by atoms with E-state index in [1.807, 2.05) is 18.2 Å². The molecule has 5 heteroatoms. The summed E-state index contributed by atoms with van der Waals surface area (Å²) in [7, 11) is 0. The van der Waals surface area contributed by atoms with Crippen LogP contribution in [0.1, 0.15) is 33.7 Å². The summed E-state index contributed by atoms with van der Waals surface area (Å²) >= 11 is 0. The number of rotatable bonds is 1. The molecule has 3 heterocycles. The molecule has 2 aliphatic rings. The zero-order valence-electron chi connectivity index (χ0n) is 12.6. The predicted molar refractivity (Wildman–Crippen MR) is 83.5 cm³/mol. The molecule has 116 valence electrons. The minimum absolute atomic E-state index is 0.0824. The van der Waals surface area contributed by atoms with Crippen molar-refractivity contribution >= 4 is 11.7 Å². The van der Waals surface area contributed by atoms with Crippen molar-refractivity contribution in [1.82, 2.24) is 9.88 Å². The van der Waals surface area contributed by atoms with Crippen molar-refractivity contribution in [2.45, 2.75) is 18.4 Å². The number of pyridine rings is 1. The molecule has 0 bridgehead atoms. The van der Waals surface area contributed by atoms with Gasteiger partial charge in [-0.15, -0.1) is 0 Å². The Morgan fingerprint density at radius 2 is 2.00 bits per heavy atom. The summed E-state index contributed by atoms with van der Waals surface area (Å²) in [6, 6.07) is 12.6. The topological polar surface area (TPSA) is 59.5 Å². The summed E-state index contributed by atoms with van der Waals surface area (Å²) < 4.78 is 6.13. The predicted octanol–water partition coefficient (Wildman–Crippen LogP) is 2.33. The van der Waals surface area contributed by atoms with Gasteiger partial charge in [0.1, 0.15) is 17.0 Å². The number of ketones is 1. The molecule has 1 atom stereocenters. The molecular weight excluding hydrogens is 292 g/mol. The van der Waals surface area contributed by atoms with E-state index in [1.165, 1.54) is 0 Å². The largest absolute Gasteiger partial charge is 0.484 e. The Hall–Kier alpha value is -2.69. The summed E-state index contributed by atoms with van der Waals surface area (Å²) in [5, 5.41) is 0. The van der Waals surface area contributed by atoms with Crippen LogP contribution in [0.5, 0.6) is 5.75 Å². The van der Waals surface area contributed by atoms with Gasteiger partial charge in [-0.3, -0.25) is 14.6 Å². The first-order valence-corrected chi connectivity index (χ1v) is 7.68. The lowest BCUT2D eigenvalue weighted by Crippen LogP contribution is -2.45. The number of Topliss-reactive ketones (excluding diaryl/α,β-unsaturated/α-hetero) is 1. The first kappa shape index (κ1) is 13.9. The number of ether oxygens (including phenoxy) is 1. The lowest BCUT2D eigenvalue weighted by molar-refractivity contribution is 0.0427. The van der Waals surface area contributed by atoms with Gasteiger partial charge in [-0.05, 0) is 24.3 Å². The van der Waals surface area contributed by atoms with Gasteiger partial charge < -0.3 is 9.64 Å². The van der Waals surface area contributed by atoms with Crippen molar-refractivity contribution < 1.29 is 14.3 Å². The number of fused-ring (bicyclic) bond motifs is 1. The summed E-state index contributed by atoms with van der Waals surface area (Å²) in [6.45, 7) is 0.993. The smallest absolute Gasteiger partial charge is 0.272 e. The van der Waals surface area contributed by atoms with Gasteiger partial charge in [-0.25, -0.2) is 0 Å². The van der Waals surface area contributed by atoms with Gasteiger partial charge in [-0.2, -0.15) is 0 Å². The molecule has 1 unspecified atom stereocenters. The number of carbonyl (C=O) groups excluding carboxylic acids is 2. The van der Waals surface area contributed by atoms with Gasteiger partial charge in [0.2, 0.25) is 0 Å². The molecule has 23 heavy (non-hydrogen) atoms. The number of amides is 1. The molecule has 4 rings (SSSR count). The van der Waals surface area contributed by atoms with Crippen LogP contribution in [0, 0.1) is 0 Å².